The van der Waals surface area contributed by atoms with Gasteiger partial charge in [0.25, 0.3) is 5.91 Å². The average molecular weight is 362 g/mol. The monoisotopic (exact) mass is 362 g/mol. The molecule has 0 N–H and O–H groups in total. The summed E-state index contributed by atoms with van der Waals surface area (Å²) in [7, 11) is 3.15. The van der Waals surface area contributed by atoms with Gasteiger partial charge in [0.2, 0.25) is 0 Å². The third-order valence-electron chi connectivity index (χ3n) is 5.57. The molecule has 2 heterocycles. The van der Waals surface area contributed by atoms with Crippen molar-refractivity contribution in [3.8, 4) is 0 Å². The van der Waals surface area contributed by atoms with Gasteiger partial charge in [-0.2, -0.15) is 0 Å². The molecule has 0 aromatic carbocycles. The SMILES string of the molecule is COCO[C@@]1(Cc2cc(CCCC3CC3)ccn2)C(=O)N(COC)C1C. The third-order valence-corrected chi connectivity index (χ3v) is 5.57. The van der Waals surface area contributed by atoms with Crippen LogP contribution in [0.3, 0.4) is 0 Å². The lowest BCUT2D eigenvalue weighted by Crippen LogP contribution is -2.75. The molecular formula is C20H30N2O4. The number of rotatable bonds is 11. The predicted molar refractivity (Wildman–Crippen MR) is 97.5 cm³/mol. The highest BCUT2D eigenvalue weighted by molar-refractivity contribution is 5.93. The molecule has 1 saturated heterocycles. The fraction of sp³-hybridized carbons (Fsp3) is 0.700. The Morgan fingerprint density at radius 1 is 1.31 bits per heavy atom. The minimum atomic E-state index is -0.922. The van der Waals surface area contributed by atoms with Gasteiger partial charge in [-0.25, -0.2) is 0 Å². The van der Waals surface area contributed by atoms with Gasteiger partial charge in [0.1, 0.15) is 13.5 Å². The van der Waals surface area contributed by atoms with Gasteiger partial charge < -0.3 is 19.1 Å². The number of aryl methyl sites for hydroxylation is 1. The van der Waals surface area contributed by atoms with E-state index in [1.54, 1.807) is 19.1 Å². The topological polar surface area (TPSA) is 60.9 Å². The number of nitrogens with zero attached hydrogens (tertiary/aromatic N) is 2. The van der Waals surface area contributed by atoms with Crippen LogP contribution in [-0.4, -0.2) is 55.2 Å². The number of hydrogen-bond acceptors (Lipinski definition) is 5. The van der Waals surface area contributed by atoms with Crippen LogP contribution in [-0.2, 0) is 31.8 Å². The van der Waals surface area contributed by atoms with Crippen LogP contribution in [0.4, 0.5) is 0 Å². The first-order valence-electron chi connectivity index (χ1n) is 9.47. The van der Waals surface area contributed by atoms with Crippen molar-refractivity contribution >= 4 is 5.91 Å². The summed E-state index contributed by atoms with van der Waals surface area (Å²) in [4.78, 5) is 18.9. The van der Waals surface area contributed by atoms with E-state index < -0.39 is 5.60 Å². The Kier molecular flexibility index (Phi) is 6.27. The van der Waals surface area contributed by atoms with Crippen molar-refractivity contribution < 1.29 is 19.0 Å². The largest absolute Gasteiger partial charge is 0.364 e. The van der Waals surface area contributed by atoms with E-state index in [9.17, 15) is 4.79 Å². The summed E-state index contributed by atoms with van der Waals surface area (Å²) in [5, 5.41) is 0. The van der Waals surface area contributed by atoms with E-state index in [1.807, 2.05) is 13.1 Å². The van der Waals surface area contributed by atoms with Gasteiger partial charge in [-0.1, -0.05) is 19.3 Å². The first-order valence-corrected chi connectivity index (χ1v) is 9.47. The molecule has 3 rings (SSSR count). The molecule has 2 atom stereocenters. The number of β-lactam (4-membered cyclic amide) rings is 1. The molecule has 1 aliphatic carbocycles. The molecule has 1 amide bonds. The van der Waals surface area contributed by atoms with Crippen LogP contribution in [0.5, 0.6) is 0 Å². The van der Waals surface area contributed by atoms with Crippen LogP contribution in [0.15, 0.2) is 18.3 Å². The summed E-state index contributed by atoms with van der Waals surface area (Å²) in [5.74, 6) is 0.895. The minimum Gasteiger partial charge on any atom is -0.364 e. The number of carbonyl (C=O) groups is 1. The first-order chi connectivity index (χ1) is 12.6. The van der Waals surface area contributed by atoms with E-state index in [2.05, 4.69) is 17.1 Å². The molecule has 1 aliphatic heterocycles. The number of aromatic nitrogens is 1. The van der Waals surface area contributed by atoms with Gasteiger partial charge in [-0.05, 0) is 43.4 Å². The summed E-state index contributed by atoms with van der Waals surface area (Å²) in [5.41, 5.74) is 1.25. The van der Waals surface area contributed by atoms with E-state index >= 15 is 0 Å². The Hall–Kier alpha value is -1.50. The highest BCUT2D eigenvalue weighted by atomic mass is 16.7. The smallest absolute Gasteiger partial charge is 0.259 e. The van der Waals surface area contributed by atoms with E-state index in [-0.39, 0.29) is 25.5 Å². The maximum Gasteiger partial charge on any atom is 0.259 e. The molecule has 1 aromatic heterocycles. The average Bonchev–Trinajstić information content (AvgIpc) is 3.47. The number of pyridine rings is 1. The molecule has 26 heavy (non-hydrogen) atoms. The molecule has 0 spiro atoms. The fourth-order valence-electron chi connectivity index (χ4n) is 3.76. The molecule has 0 bridgehead atoms. The Morgan fingerprint density at radius 3 is 2.77 bits per heavy atom. The maximum absolute atomic E-state index is 12.8. The Balaban J connectivity index is 1.67. The molecule has 2 aliphatic rings. The van der Waals surface area contributed by atoms with Crippen LogP contribution >= 0.6 is 0 Å². The molecule has 6 nitrogen and oxygen atoms in total. The fourth-order valence-corrected chi connectivity index (χ4v) is 3.76. The second-order valence-electron chi connectivity index (χ2n) is 7.48. The number of amides is 1. The highest BCUT2D eigenvalue weighted by Gasteiger charge is 2.60. The maximum atomic E-state index is 12.8. The first kappa shape index (κ1) is 19.3. The second-order valence-corrected chi connectivity index (χ2v) is 7.48. The van der Waals surface area contributed by atoms with Crippen molar-refractivity contribution in [1.29, 1.82) is 0 Å². The van der Waals surface area contributed by atoms with Crippen molar-refractivity contribution in [2.24, 2.45) is 5.92 Å². The number of ether oxygens (including phenoxy) is 3. The highest BCUT2D eigenvalue weighted by Crippen LogP contribution is 2.37. The van der Waals surface area contributed by atoms with Gasteiger partial charge in [0.15, 0.2) is 5.60 Å². The van der Waals surface area contributed by atoms with E-state index in [0.29, 0.717) is 6.42 Å². The number of carbonyl (C=O) groups excluding carboxylic acids is 1. The number of likely N-dealkylation sites (tertiary alicyclic amines) is 1. The van der Waals surface area contributed by atoms with Crippen molar-refractivity contribution in [1.82, 2.24) is 9.88 Å². The molecule has 0 radical (unpaired) electrons. The Labute approximate surface area is 155 Å². The standard InChI is InChI=1S/C20H30N2O4/c1-15-20(26-14-25-3,19(23)22(15)13-24-2)12-18-11-17(9-10-21-18)6-4-5-16-7-8-16/h9-11,15-16H,4-8,12-14H2,1-3H3/t15?,20-/m1/s1. The van der Waals surface area contributed by atoms with Crippen LogP contribution in [0.25, 0.3) is 0 Å². The summed E-state index contributed by atoms with van der Waals surface area (Å²) < 4.78 is 16.1. The summed E-state index contributed by atoms with van der Waals surface area (Å²) in [6, 6.07) is 4.09. The molecule has 2 fully saturated rings. The van der Waals surface area contributed by atoms with Gasteiger partial charge in [0, 0.05) is 32.5 Å². The lowest BCUT2D eigenvalue weighted by molar-refractivity contribution is -0.230. The molecule has 1 saturated carbocycles. The van der Waals surface area contributed by atoms with Crippen LogP contribution in [0.2, 0.25) is 0 Å². The van der Waals surface area contributed by atoms with Crippen molar-refractivity contribution in [2.45, 2.75) is 57.1 Å². The van der Waals surface area contributed by atoms with Crippen LogP contribution < -0.4 is 0 Å². The Bertz CT molecular complexity index is 620. The molecule has 6 heteroatoms. The summed E-state index contributed by atoms with van der Waals surface area (Å²) >= 11 is 0. The van der Waals surface area contributed by atoms with E-state index in [4.69, 9.17) is 14.2 Å². The zero-order valence-electron chi connectivity index (χ0n) is 16.1. The van der Waals surface area contributed by atoms with E-state index in [1.165, 1.54) is 31.2 Å². The van der Waals surface area contributed by atoms with Gasteiger partial charge in [0.05, 0.1) is 6.04 Å². The number of methoxy groups -OCH3 is 2. The predicted octanol–water partition coefficient (Wildman–Crippen LogP) is 2.55. The zero-order chi connectivity index (χ0) is 18.6. The molecule has 1 unspecified atom stereocenters. The lowest BCUT2D eigenvalue weighted by Gasteiger charge is -2.53. The van der Waals surface area contributed by atoms with Crippen molar-refractivity contribution in [2.75, 3.05) is 27.7 Å². The summed E-state index contributed by atoms with van der Waals surface area (Å²) in [6.45, 7) is 2.33. The van der Waals surface area contributed by atoms with Gasteiger partial charge in [-0.3, -0.25) is 9.78 Å². The van der Waals surface area contributed by atoms with Gasteiger partial charge in [-0.15, -0.1) is 0 Å². The normalized spacial score (nSPS) is 25.4. The van der Waals surface area contributed by atoms with Crippen LogP contribution in [0, 0.1) is 5.92 Å². The molecule has 144 valence electrons. The van der Waals surface area contributed by atoms with E-state index in [0.717, 1.165) is 18.0 Å². The molecular weight excluding hydrogens is 332 g/mol. The summed E-state index contributed by atoms with van der Waals surface area (Å²) in [6.07, 6.45) is 8.70. The minimum absolute atomic E-state index is 0.0650. The zero-order valence-corrected chi connectivity index (χ0v) is 16.1. The molecule has 1 aromatic rings. The van der Waals surface area contributed by atoms with Gasteiger partial charge >= 0.3 is 0 Å². The second kappa shape index (κ2) is 8.46. The van der Waals surface area contributed by atoms with Crippen molar-refractivity contribution in [3.05, 3.63) is 29.6 Å². The Morgan fingerprint density at radius 2 is 2.12 bits per heavy atom. The van der Waals surface area contributed by atoms with Crippen molar-refractivity contribution in [3.63, 3.8) is 0 Å². The van der Waals surface area contributed by atoms with Crippen LogP contribution in [0.1, 0.15) is 43.9 Å². The lowest BCUT2D eigenvalue weighted by atomic mass is 9.79. The third kappa shape index (κ3) is 4.08. The quantitative estimate of drug-likeness (QED) is 0.447. The number of hydrogen-bond donors (Lipinski definition) is 0.